The van der Waals surface area contributed by atoms with E-state index in [0.29, 0.717) is 36.2 Å². The molecule has 1 saturated heterocycles. The summed E-state index contributed by atoms with van der Waals surface area (Å²) in [5.41, 5.74) is 2.36. The van der Waals surface area contributed by atoms with Crippen molar-refractivity contribution in [1.29, 1.82) is 0 Å². The highest BCUT2D eigenvalue weighted by Crippen LogP contribution is 2.37. The zero-order valence-corrected chi connectivity index (χ0v) is 22.3. The van der Waals surface area contributed by atoms with Crippen molar-refractivity contribution in [3.05, 3.63) is 69.7 Å². The number of hydrazone groups is 1. The molecule has 37 heavy (non-hydrogen) atoms. The van der Waals surface area contributed by atoms with E-state index in [2.05, 4.69) is 4.90 Å². The third-order valence-electron chi connectivity index (χ3n) is 7.50. The number of amides is 2. The second-order valence-electron chi connectivity index (χ2n) is 9.85. The van der Waals surface area contributed by atoms with Gasteiger partial charge in [-0.3, -0.25) is 14.5 Å². The number of morpholine rings is 1. The molecule has 0 unspecified atom stereocenters. The van der Waals surface area contributed by atoms with E-state index in [1.165, 1.54) is 5.01 Å². The van der Waals surface area contributed by atoms with Crippen molar-refractivity contribution in [2.75, 3.05) is 45.9 Å². The van der Waals surface area contributed by atoms with E-state index < -0.39 is 0 Å². The fraction of sp³-hybridized carbons (Fsp3) is 0.464. The predicted molar refractivity (Wildman–Crippen MR) is 145 cm³/mol. The smallest absolute Gasteiger partial charge is 0.262 e. The number of benzene rings is 2. The lowest BCUT2D eigenvalue weighted by atomic mass is 9.84. The second-order valence-corrected chi connectivity index (χ2v) is 10.7. The summed E-state index contributed by atoms with van der Waals surface area (Å²) in [6.45, 7) is 4.28. The molecule has 3 aliphatic rings. The summed E-state index contributed by atoms with van der Waals surface area (Å²) in [5, 5.41) is 7.42. The van der Waals surface area contributed by atoms with Crippen LogP contribution in [0.2, 0.25) is 10.0 Å². The monoisotopic (exact) mass is 542 g/mol. The summed E-state index contributed by atoms with van der Waals surface area (Å²) in [7, 11) is 0. The first-order valence-corrected chi connectivity index (χ1v) is 13.7. The number of halogens is 2. The Labute approximate surface area is 227 Å². The van der Waals surface area contributed by atoms with Crippen LogP contribution in [-0.2, 0) is 14.3 Å². The van der Waals surface area contributed by atoms with Gasteiger partial charge in [0.05, 0.1) is 25.0 Å². The topological polar surface area (TPSA) is 65.5 Å². The first-order chi connectivity index (χ1) is 18.0. The molecule has 0 aromatic heterocycles. The van der Waals surface area contributed by atoms with Gasteiger partial charge in [0.1, 0.15) is 6.54 Å². The van der Waals surface area contributed by atoms with Gasteiger partial charge in [0.25, 0.3) is 5.91 Å². The average molecular weight is 543 g/mol. The number of rotatable bonds is 8. The van der Waals surface area contributed by atoms with Gasteiger partial charge >= 0.3 is 0 Å². The highest BCUT2D eigenvalue weighted by Gasteiger charge is 2.37. The van der Waals surface area contributed by atoms with E-state index >= 15 is 0 Å². The second kappa shape index (κ2) is 11.9. The van der Waals surface area contributed by atoms with Crippen LogP contribution < -0.4 is 0 Å². The third kappa shape index (κ3) is 6.01. The van der Waals surface area contributed by atoms with Crippen molar-refractivity contribution in [2.24, 2.45) is 11.0 Å². The van der Waals surface area contributed by atoms with Crippen LogP contribution in [0.1, 0.15) is 42.9 Å². The number of nitrogens with zero attached hydrogens (tertiary/aromatic N) is 4. The minimum absolute atomic E-state index is 0.0117. The highest BCUT2D eigenvalue weighted by atomic mass is 35.5. The fourth-order valence-electron chi connectivity index (χ4n) is 5.09. The number of carbonyl (C=O) groups is 2. The molecule has 0 spiro atoms. The molecule has 2 fully saturated rings. The van der Waals surface area contributed by atoms with Crippen LogP contribution in [0.3, 0.4) is 0 Å². The molecular weight excluding hydrogens is 511 g/mol. The quantitative estimate of drug-likeness (QED) is 0.487. The Morgan fingerprint density at radius 2 is 1.70 bits per heavy atom. The molecule has 0 bridgehead atoms. The SMILES string of the molecule is O=C(C1CCC1)N(CCN1CCOCC1)CC(=O)N1N=C(c2ccccc2Cl)C[C@H]1c1ccccc1Cl. The van der Waals surface area contributed by atoms with Crippen molar-refractivity contribution in [2.45, 2.75) is 31.7 Å². The van der Waals surface area contributed by atoms with Crippen LogP contribution in [0, 0.1) is 5.92 Å². The van der Waals surface area contributed by atoms with E-state index in [0.717, 1.165) is 55.7 Å². The van der Waals surface area contributed by atoms with Crippen molar-refractivity contribution in [3.63, 3.8) is 0 Å². The van der Waals surface area contributed by atoms with E-state index in [4.69, 9.17) is 33.0 Å². The van der Waals surface area contributed by atoms with Gasteiger partial charge in [0.15, 0.2) is 0 Å². The molecule has 1 aliphatic carbocycles. The van der Waals surface area contributed by atoms with Crippen LogP contribution in [-0.4, -0.2) is 78.3 Å². The number of carbonyl (C=O) groups excluding carboxylic acids is 2. The number of ether oxygens (including phenoxy) is 1. The van der Waals surface area contributed by atoms with Crippen molar-refractivity contribution < 1.29 is 14.3 Å². The molecule has 5 rings (SSSR count). The van der Waals surface area contributed by atoms with Gasteiger partial charge in [-0.2, -0.15) is 5.10 Å². The largest absolute Gasteiger partial charge is 0.379 e. The van der Waals surface area contributed by atoms with Crippen LogP contribution in [0.15, 0.2) is 53.6 Å². The summed E-state index contributed by atoms with van der Waals surface area (Å²) < 4.78 is 5.45. The zero-order chi connectivity index (χ0) is 25.8. The standard InChI is InChI=1S/C28H32Cl2N4O3/c29-23-10-3-1-8-21(23)25-18-26(22-9-2-4-11-24(22)30)34(31-25)27(35)19-33(28(36)20-6-5-7-20)13-12-32-14-16-37-17-15-32/h1-4,8-11,20,26H,5-7,12-19H2/t26-/m0/s1. The molecule has 2 aromatic rings. The summed E-state index contributed by atoms with van der Waals surface area (Å²) in [5.74, 6) is -0.143. The number of hydrogen-bond donors (Lipinski definition) is 0. The molecule has 2 aromatic carbocycles. The van der Waals surface area contributed by atoms with Gasteiger partial charge in [-0.25, -0.2) is 5.01 Å². The summed E-state index contributed by atoms with van der Waals surface area (Å²) in [6, 6.07) is 14.7. The molecule has 0 radical (unpaired) electrons. The van der Waals surface area contributed by atoms with Gasteiger partial charge in [0.2, 0.25) is 5.91 Å². The molecule has 2 heterocycles. The van der Waals surface area contributed by atoms with E-state index in [1.807, 2.05) is 48.5 Å². The molecule has 9 heteroatoms. The zero-order valence-electron chi connectivity index (χ0n) is 20.8. The molecule has 1 atom stereocenters. The molecule has 2 amide bonds. The maximum atomic E-state index is 13.8. The van der Waals surface area contributed by atoms with Gasteiger partial charge in [-0.15, -0.1) is 0 Å². The van der Waals surface area contributed by atoms with Crippen LogP contribution in [0.5, 0.6) is 0 Å². The summed E-state index contributed by atoms with van der Waals surface area (Å²) >= 11 is 13.0. The lowest BCUT2D eigenvalue weighted by molar-refractivity contribution is -0.145. The lowest BCUT2D eigenvalue weighted by Gasteiger charge is -2.34. The van der Waals surface area contributed by atoms with Crippen molar-refractivity contribution >= 4 is 40.7 Å². The van der Waals surface area contributed by atoms with Crippen molar-refractivity contribution in [1.82, 2.24) is 14.8 Å². The Bertz CT molecular complexity index is 1160. The molecule has 1 saturated carbocycles. The first-order valence-electron chi connectivity index (χ1n) is 13.0. The Hall–Kier alpha value is -2.45. The van der Waals surface area contributed by atoms with Gasteiger partial charge in [-0.05, 0) is 30.5 Å². The summed E-state index contributed by atoms with van der Waals surface area (Å²) in [4.78, 5) is 31.1. The fourth-order valence-corrected chi connectivity index (χ4v) is 5.60. The number of hydrogen-bond acceptors (Lipinski definition) is 5. The van der Waals surface area contributed by atoms with E-state index in [9.17, 15) is 9.59 Å². The maximum absolute atomic E-state index is 13.8. The summed E-state index contributed by atoms with van der Waals surface area (Å²) in [6.07, 6.45) is 3.33. The van der Waals surface area contributed by atoms with E-state index in [1.54, 1.807) is 4.90 Å². The third-order valence-corrected chi connectivity index (χ3v) is 8.17. The molecule has 0 N–H and O–H groups in total. The average Bonchev–Trinajstić information content (AvgIpc) is 3.31. The molecular formula is C28H32Cl2N4O3. The molecule has 7 nitrogen and oxygen atoms in total. The van der Waals surface area contributed by atoms with Crippen molar-refractivity contribution in [3.8, 4) is 0 Å². The molecule has 2 aliphatic heterocycles. The van der Waals surface area contributed by atoms with Crippen LogP contribution in [0.4, 0.5) is 0 Å². The van der Waals surface area contributed by atoms with Gasteiger partial charge in [0, 0.05) is 54.1 Å². The highest BCUT2D eigenvalue weighted by molar-refractivity contribution is 6.34. The Morgan fingerprint density at radius 1 is 1.00 bits per heavy atom. The predicted octanol–water partition coefficient (Wildman–Crippen LogP) is 4.63. The maximum Gasteiger partial charge on any atom is 0.262 e. The lowest BCUT2D eigenvalue weighted by Crippen LogP contribution is -2.49. The van der Waals surface area contributed by atoms with Gasteiger partial charge in [-0.1, -0.05) is 66.0 Å². The Kier molecular flexibility index (Phi) is 8.45. The molecule has 196 valence electrons. The Morgan fingerprint density at radius 3 is 2.38 bits per heavy atom. The minimum atomic E-state index is -0.368. The normalized spacial score (nSPS) is 20.4. The van der Waals surface area contributed by atoms with Gasteiger partial charge < -0.3 is 9.64 Å². The van der Waals surface area contributed by atoms with E-state index in [-0.39, 0.29) is 30.3 Å². The van der Waals surface area contributed by atoms with Crippen LogP contribution in [0.25, 0.3) is 0 Å². The van der Waals surface area contributed by atoms with Crippen LogP contribution >= 0.6 is 23.2 Å². The Balaban J connectivity index is 1.39. The first kappa shape index (κ1) is 26.2. The minimum Gasteiger partial charge on any atom is -0.379 e.